The molecule has 2 heterocycles. The summed E-state index contributed by atoms with van der Waals surface area (Å²) < 4.78 is 13.7. The number of imidazole rings is 1. The summed E-state index contributed by atoms with van der Waals surface area (Å²) in [5, 5.41) is 0. The van der Waals surface area contributed by atoms with E-state index in [1.54, 1.807) is 4.90 Å². The third-order valence-electron chi connectivity index (χ3n) is 4.14. The molecule has 1 aromatic carbocycles. The molecule has 1 saturated heterocycles. The Morgan fingerprint density at radius 2 is 2.33 bits per heavy atom. The van der Waals surface area contributed by atoms with Gasteiger partial charge in [0.2, 0.25) is 0 Å². The minimum Gasteiger partial charge on any atom is -0.344 e. The Balaban J connectivity index is 2.01. The molecule has 3 rings (SSSR count). The molecule has 0 saturated carbocycles. The van der Waals surface area contributed by atoms with Crippen molar-refractivity contribution in [1.82, 2.24) is 14.9 Å². The van der Waals surface area contributed by atoms with E-state index >= 15 is 0 Å². The standard InChI is InChI=1S/C15H19FN4O/c1-9(17)13-4-2-3-5-20(13)15(21)11-6-10(16)7-12-14(11)19-8-18-12/h6-9,13H,2-5,17H2,1H3,(H,18,19). The van der Waals surface area contributed by atoms with Gasteiger partial charge < -0.3 is 15.6 Å². The molecule has 1 aromatic heterocycles. The van der Waals surface area contributed by atoms with Crippen LogP contribution in [-0.2, 0) is 0 Å². The van der Waals surface area contributed by atoms with Crippen molar-refractivity contribution in [2.75, 3.05) is 6.54 Å². The van der Waals surface area contributed by atoms with E-state index in [4.69, 9.17) is 5.73 Å². The predicted octanol–water partition coefficient (Wildman–Crippen LogP) is 2.04. The molecule has 0 radical (unpaired) electrons. The monoisotopic (exact) mass is 290 g/mol. The van der Waals surface area contributed by atoms with Crippen molar-refractivity contribution < 1.29 is 9.18 Å². The molecule has 6 heteroatoms. The number of halogens is 1. The fourth-order valence-electron chi connectivity index (χ4n) is 3.09. The summed E-state index contributed by atoms with van der Waals surface area (Å²) in [6.45, 7) is 2.57. The molecule has 112 valence electrons. The number of hydrogen-bond donors (Lipinski definition) is 2. The zero-order chi connectivity index (χ0) is 15.0. The summed E-state index contributed by atoms with van der Waals surface area (Å²) in [5.74, 6) is -0.627. The van der Waals surface area contributed by atoms with E-state index in [-0.39, 0.29) is 18.0 Å². The number of benzene rings is 1. The second-order valence-electron chi connectivity index (χ2n) is 5.67. The molecule has 0 aliphatic carbocycles. The van der Waals surface area contributed by atoms with Crippen LogP contribution in [0.4, 0.5) is 4.39 Å². The van der Waals surface area contributed by atoms with Gasteiger partial charge in [-0.05, 0) is 38.3 Å². The Morgan fingerprint density at radius 1 is 1.52 bits per heavy atom. The number of fused-ring (bicyclic) bond motifs is 1. The van der Waals surface area contributed by atoms with Gasteiger partial charge in [0.25, 0.3) is 5.91 Å². The number of hydrogen-bond acceptors (Lipinski definition) is 3. The number of H-pyrrole nitrogens is 1. The molecule has 1 aliphatic rings. The molecule has 2 atom stereocenters. The van der Waals surface area contributed by atoms with Crippen molar-refractivity contribution >= 4 is 16.9 Å². The molecule has 3 N–H and O–H groups in total. The van der Waals surface area contributed by atoms with Crippen molar-refractivity contribution in [3.63, 3.8) is 0 Å². The highest BCUT2D eigenvalue weighted by atomic mass is 19.1. The van der Waals surface area contributed by atoms with E-state index in [9.17, 15) is 9.18 Å². The second-order valence-corrected chi connectivity index (χ2v) is 5.67. The van der Waals surface area contributed by atoms with Crippen LogP contribution in [0.5, 0.6) is 0 Å². The highest BCUT2D eigenvalue weighted by Gasteiger charge is 2.31. The number of rotatable bonds is 2. The Bertz CT molecular complexity index is 667. The molecule has 5 nitrogen and oxygen atoms in total. The van der Waals surface area contributed by atoms with Gasteiger partial charge in [-0.25, -0.2) is 9.37 Å². The average molecular weight is 290 g/mol. The lowest BCUT2D eigenvalue weighted by Gasteiger charge is -2.38. The molecule has 0 bridgehead atoms. The number of likely N-dealkylation sites (tertiary alicyclic amines) is 1. The van der Waals surface area contributed by atoms with Crippen molar-refractivity contribution in [3.8, 4) is 0 Å². The number of nitrogens with one attached hydrogen (secondary N) is 1. The molecule has 1 aliphatic heterocycles. The number of amides is 1. The number of nitrogens with zero attached hydrogens (tertiary/aromatic N) is 2. The van der Waals surface area contributed by atoms with Gasteiger partial charge in [-0.15, -0.1) is 0 Å². The number of carbonyl (C=O) groups excluding carboxylic acids is 1. The average Bonchev–Trinajstić information content (AvgIpc) is 2.93. The van der Waals surface area contributed by atoms with Gasteiger partial charge in [0.15, 0.2) is 0 Å². The minimum atomic E-state index is -0.440. The SMILES string of the molecule is CC(N)C1CCCCN1C(=O)c1cc(F)cc2[nH]cnc12. The summed E-state index contributed by atoms with van der Waals surface area (Å²) in [5.41, 5.74) is 7.36. The van der Waals surface area contributed by atoms with Crippen LogP contribution in [0, 0.1) is 5.82 Å². The van der Waals surface area contributed by atoms with E-state index in [2.05, 4.69) is 9.97 Å². The zero-order valence-electron chi connectivity index (χ0n) is 12.0. The molecule has 1 amide bonds. The summed E-state index contributed by atoms with van der Waals surface area (Å²) in [6.07, 6.45) is 4.38. The van der Waals surface area contributed by atoms with Gasteiger partial charge in [-0.3, -0.25) is 4.79 Å². The molecule has 0 spiro atoms. The molecule has 2 aromatic rings. The lowest BCUT2D eigenvalue weighted by Crippen LogP contribution is -2.51. The van der Waals surface area contributed by atoms with Gasteiger partial charge in [-0.2, -0.15) is 0 Å². The fourth-order valence-corrected chi connectivity index (χ4v) is 3.09. The van der Waals surface area contributed by atoms with Crippen LogP contribution in [0.15, 0.2) is 18.5 Å². The molecule has 1 fully saturated rings. The van der Waals surface area contributed by atoms with Crippen LogP contribution in [0.1, 0.15) is 36.5 Å². The maximum Gasteiger partial charge on any atom is 0.256 e. The van der Waals surface area contributed by atoms with E-state index in [0.29, 0.717) is 23.1 Å². The summed E-state index contributed by atoms with van der Waals surface area (Å²) in [7, 11) is 0. The first-order chi connectivity index (χ1) is 10.1. The third kappa shape index (κ3) is 2.51. The number of piperidine rings is 1. The van der Waals surface area contributed by atoms with Crippen molar-refractivity contribution in [2.45, 2.75) is 38.3 Å². The lowest BCUT2D eigenvalue weighted by atomic mass is 9.96. The fraction of sp³-hybridized carbons (Fsp3) is 0.467. The van der Waals surface area contributed by atoms with Crippen LogP contribution in [0.3, 0.4) is 0 Å². The van der Waals surface area contributed by atoms with E-state index in [1.165, 1.54) is 18.5 Å². The number of nitrogens with two attached hydrogens (primary N) is 1. The molecular weight excluding hydrogens is 271 g/mol. The minimum absolute atomic E-state index is 0.00325. The van der Waals surface area contributed by atoms with Crippen molar-refractivity contribution in [3.05, 3.63) is 29.8 Å². The van der Waals surface area contributed by atoms with Gasteiger partial charge in [0, 0.05) is 18.6 Å². The normalized spacial score (nSPS) is 20.7. The Hall–Kier alpha value is -1.95. The van der Waals surface area contributed by atoms with Gasteiger partial charge in [-0.1, -0.05) is 0 Å². The topological polar surface area (TPSA) is 75.0 Å². The first-order valence-electron chi connectivity index (χ1n) is 7.27. The van der Waals surface area contributed by atoms with Crippen molar-refractivity contribution in [1.29, 1.82) is 0 Å². The summed E-state index contributed by atoms with van der Waals surface area (Å²) >= 11 is 0. The Morgan fingerprint density at radius 3 is 3.10 bits per heavy atom. The maximum atomic E-state index is 13.7. The lowest BCUT2D eigenvalue weighted by molar-refractivity contribution is 0.0585. The maximum absolute atomic E-state index is 13.7. The first kappa shape index (κ1) is 14.0. The highest BCUT2D eigenvalue weighted by Crippen LogP contribution is 2.25. The van der Waals surface area contributed by atoms with E-state index in [0.717, 1.165) is 19.3 Å². The van der Waals surface area contributed by atoms with Gasteiger partial charge in [0.1, 0.15) is 11.3 Å². The van der Waals surface area contributed by atoms with Crippen LogP contribution in [-0.4, -0.2) is 39.4 Å². The van der Waals surface area contributed by atoms with Gasteiger partial charge >= 0.3 is 0 Å². The second kappa shape index (κ2) is 5.44. The smallest absolute Gasteiger partial charge is 0.256 e. The van der Waals surface area contributed by atoms with Crippen molar-refractivity contribution in [2.24, 2.45) is 5.73 Å². The number of aromatic nitrogens is 2. The van der Waals surface area contributed by atoms with E-state index < -0.39 is 5.82 Å². The van der Waals surface area contributed by atoms with Crippen LogP contribution >= 0.6 is 0 Å². The first-order valence-corrected chi connectivity index (χ1v) is 7.27. The van der Waals surface area contributed by atoms with Crippen LogP contribution in [0.2, 0.25) is 0 Å². The molecular formula is C15H19FN4O. The Kier molecular flexibility index (Phi) is 3.63. The van der Waals surface area contributed by atoms with Crippen LogP contribution in [0.25, 0.3) is 11.0 Å². The quantitative estimate of drug-likeness (QED) is 0.888. The largest absolute Gasteiger partial charge is 0.344 e. The highest BCUT2D eigenvalue weighted by molar-refractivity contribution is 6.05. The molecule has 2 unspecified atom stereocenters. The third-order valence-corrected chi connectivity index (χ3v) is 4.14. The summed E-state index contributed by atoms with van der Waals surface area (Å²) in [6, 6.07) is 2.51. The number of carbonyl (C=O) groups is 1. The predicted molar refractivity (Wildman–Crippen MR) is 78.4 cm³/mol. The number of aromatic amines is 1. The van der Waals surface area contributed by atoms with Crippen LogP contribution < -0.4 is 5.73 Å². The summed E-state index contributed by atoms with van der Waals surface area (Å²) in [4.78, 5) is 21.6. The Labute approximate surface area is 122 Å². The van der Waals surface area contributed by atoms with Gasteiger partial charge in [0.05, 0.1) is 17.4 Å². The zero-order valence-corrected chi connectivity index (χ0v) is 12.0. The van der Waals surface area contributed by atoms with E-state index in [1.807, 2.05) is 6.92 Å². The molecule has 21 heavy (non-hydrogen) atoms.